The molecule has 0 atom stereocenters. The molecule has 136 valence electrons. The zero-order valence-electron chi connectivity index (χ0n) is 14.6. The van der Waals surface area contributed by atoms with Gasteiger partial charge < -0.3 is 4.57 Å². The molecule has 0 aromatic carbocycles. The summed E-state index contributed by atoms with van der Waals surface area (Å²) in [6, 6.07) is 3.01. The number of fused-ring (bicyclic) bond motifs is 1. The fourth-order valence-corrected chi connectivity index (χ4v) is 4.34. The van der Waals surface area contributed by atoms with E-state index in [1.54, 1.807) is 34.7 Å². The highest BCUT2D eigenvalue weighted by Crippen LogP contribution is 2.39. The first kappa shape index (κ1) is 19.7. The Bertz CT molecular complexity index is 868. The Kier molecular flexibility index (Phi) is 6.10. The minimum absolute atomic E-state index is 0.198. The summed E-state index contributed by atoms with van der Waals surface area (Å²) in [7, 11) is 1.74. The van der Waals surface area contributed by atoms with Crippen LogP contribution in [-0.2, 0) is 13.2 Å². The third-order valence-corrected chi connectivity index (χ3v) is 5.33. The standard InChI is InChI=1S/C14H13F3N4S2.C2H6/c1-4-22-9-5-7(2)23-11(9)13-18-8-6-10(14(15,16)17)19-20-12(8)21(13)3;1-2/h5-6H,4H2,1-3H3;1-2H3. The van der Waals surface area contributed by atoms with Crippen LogP contribution in [0.5, 0.6) is 0 Å². The molecule has 0 saturated carbocycles. The van der Waals surface area contributed by atoms with Crippen LogP contribution in [0.1, 0.15) is 31.3 Å². The summed E-state index contributed by atoms with van der Waals surface area (Å²) in [5, 5.41) is 6.98. The summed E-state index contributed by atoms with van der Waals surface area (Å²) in [6.45, 7) is 8.05. The van der Waals surface area contributed by atoms with Gasteiger partial charge in [0.15, 0.2) is 17.2 Å². The smallest absolute Gasteiger partial charge is 0.310 e. The molecule has 4 nitrogen and oxygen atoms in total. The molecule has 3 heterocycles. The normalized spacial score (nSPS) is 11.5. The highest BCUT2D eigenvalue weighted by Gasteiger charge is 2.34. The van der Waals surface area contributed by atoms with E-state index in [1.165, 1.54) is 0 Å². The lowest BCUT2D eigenvalue weighted by Crippen LogP contribution is -2.09. The average Bonchev–Trinajstić information content (AvgIpc) is 3.09. The molecule has 3 aromatic rings. The summed E-state index contributed by atoms with van der Waals surface area (Å²) in [6.07, 6.45) is -4.53. The van der Waals surface area contributed by atoms with Gasteiger partial charge >= 0.3 is 6.18 Å². The number of hydrogen-bond acceptors (Lipinski definition) is 5. The zero-order chi connectivity index (χ0) is 18.8. The van der Waals surface area contributed by atoms with Crippen LogP contribution in [0.15, 0.2) is 17.0 Å². The zero-order valence-corrected chi connectivity index (χ0v) is 16.2. The lowest BCUT2D eigenvalue weighted by atomic mass is 10.3. The van der Waals surface area contributed by atoms with E-state index in [-0.39, 0.29) is 5.52 Å². The van der Waals surface area contributed by atoms with Crippen LogP contribution in [0.2, 0.25) is 0 Å². The van der Waals surface area contributed by atoms with Crippen LogP contribution in [0.25, 0.3) is 21.9 Å². The second-order valence-corrected chi connectivity index (χ2v) is 7.48. The van der Waals surface area contributed by atoms with Crippen LogP contribution in [0.3, 0.4) is 0 Å². The van der Waals surface area contributed by atoms with Gasteiger partial charge in [-0.3, -0.25) is 0 Å². The van der Waals surface area contributed by atoms with Crippen molar-refractivity contribution in [1.29, 1.82) is 0 Å². The maximum absolute atomic E-state index is 12.8. The molecule has 0 unspecified atom stereocenters. The van der Waals surface area contributed by atoms with Crippen LogP contribution in [0.4, 0.5) is 13.2 Å². The van der Waals surface area contributed by atoms with Crippen molar-refractivity contribution in [1.82, 2.24) is 19.7 Å². The minimum atomic E-state index is -4.53. The van der Waals surface area contributed by atoms with E-state index < -0.39 is 11.9 Å². The van der Waals surface area contributed by atoms with Crippen molar-refractivity contribution in [3.8, 4) is 10.7 Å². The van der Waals surface area contributed by atoms with Gasteiger partial charge in [-0.25, -0.2) is 4.98 Å². The first-order valence-electron chi connectivity index (χ1n) is 7.82. The molecule has 0 N–H and O–H groups in total. The van der Waals surface area contributed by atoms with Gasteiger partial charge in [0.1, 0.15) is 5.52 Å². The van der Waals surface area contributed by atoms with Crippen molar-refractivity contribution in [3.63, 3.8) is 0 Å². The highest BCUT2D eigenvalue weighted by molar-refractivity contribution is 7.99. The monoisotopic (exact) mass is 388 g/mol. The van der Waals surface area contributed by atoms with Crippen LogP contribution in [-0.4, -0.2) is 25.5 Å². The van der Waals surface area contributed by atoms with Crippen LogP contribution >= 0.6 is 23.1 Å². The molecule has 3 aromatic heterocycles. The Morgan fingerprint density at radius 1 is 1.20 bits per heavy atom. The molecule has 25 heavy (non-hydrogen) atoms. The van der Waals surface area contributed by atoms with E-state index >= 15 is 0 Å². The fourth-order valence-electron chi connectivity index (χ4n) is 2.24. The Labute approximate surface area is 152 Å². The molecule has 0 bridgehead atoms. The van der Waals surface area contributed by atoms with E-state index in [0.717, 1.165) is 26.5 Å². The lowest BCUT2D eigenvalue weighted by Gasteiger charge is -2.04. The second kappa shape index (κ2) is 7.74. The second-order valence-electron chi connectivity index (χ2n) is 4.91. The summed E-state index contributed by atoms with van der Waals surface area (Å²) in [5.74, 6) is 1.52. The van der Waals surface area contributed by atoms with Gasteiger partial charge in [0, 0.05) is 22.9 Å². The number of halogens is 3. The Balaban J connectivity index is 0.00000109. The third-order valence-electron chi connectivity index (χ3n) is 3.23. The lowest BCUT2D eigenvalue weighted by molar-refractivity contribution is -0.141. The molecule has 0 aliphatic heterocycles. The molecule has 0 aliphatic carbocycles. The van der Waals surface area contributed by atoms with Crippen LogP contribution in [0, 0.1) is 6.92 Å². The Morgan fingerprint density at radius 3 is 2.48 bits per heavy atom. The molecule has 0 amide bonds. The van der Waals surface area contributed by atoms with Crippen molar-refractivity contribution < 1.29 is 13.2 Å². The third kappa shape index (κ3) is 3.98. The van der Waals surface area contributed by atoms with Crippen molar-refractivity contribution in [2.24, 2.45) is 7.05 Å². The molecule has 0 spiro atoms. The summed E-state index contributed by atoms with van der Waals surface area (Å²) in [5.41, 5.74) is -0.491. The molecule has 9 heteroatoms. The maximum Gasteiger partial charge on any atom is 0.435 e. The number of thioether (sulfide) groups is 1. The molecular weight excluding hydrogens is 369 g/mol. The predicted molar refractivity (Wildman–Crippen MR) is 97.1 cm³/mol. The van der Waals surface area contributed by atoms with Gasteiger partial charge in [-0.05, 0) is 18.7 Å². The number of aryl methyl sites for hydroxylation is 2. The van der Waals surface area contributed by atoms with Crippen molar-refractivity contribution in [3.05, 3.63) is 22.7 Å². The van der Waals surface area contributed by atoms with Gasteiger partial charge in [0.2, 0.25) is 0 Å². The van der Waals surface area contributed by atoms with Gasteiger partial charge in [0.05, 0.1) is 4.88 Å². The first-order chi connectivity index (χ1) is 11.8. The van der Waals surface area contributed by atoms with Crippen molar-refractivity contribution >= 4 is 34.3 Å². The molecule has 0 aliphatic rings. The quantitative estimate of drug-likeness (QED) is 0.551. The highest BCUT2D eigenvalue weighted by atomic mass is 32.2. The van der Waals surface area contributed by atoms with Crippen molar-refractivity contribution in [2.45, 2.75) is 38.8 Å². The molecular formula is C16H19F3N4S2. The number of hydrogen-bond donors (Lipinski definition) is 0. The predicted octanol–water partition coefficient (Wildman–Crippen LogP) is 5.56. The first-order valence-corrected chi connectivity index (χ1v) is 9.62. The average molecular weight is 388 g/mol. The summed E-state index contributed by atoms with van der Waals surface area (Å²) >= 11 is 3.26. The Hall–Kier alpha value is -1.61. The molecule has 0 radical (unpaired) electrons. The van der Waals surface area contributed by atoms with Gasteiger partial charge in [-0.15, -0.1) is 33.3 Å². The SMILES string of the molecule is CC.CCSc1cc(C)sc1-c1nc2cc(C(F)(F)F)nnc2n1C. The number of thiophene rings is 1. The summed E-state index contributed by atoms with van der Waals surface area (Å²) in [4.78, 5) is 7.53. The van der Waals surface area contributed by atoms with E-state index in [0.29, 0.717) is 11.5 Å². The number of rotatable bonds is 3. The van der Waals surface area contributed by atoms with E-state index in [4.69, 9.17) is 0 Å². The van der Waals surface area contributed by atoms with Crippen molar-refractivity contribution in [2.75, 3.05) is 5.75 Å². The molecule has 0 saturated heterocycles. The van der Waals surface area contributed by atoms with E-state index in [2.05, 4.69) is 28.2 Å². The van der Waals surface area contributed by atoms with E-state index in [9.17, 15) is 13.2 Å². The minimum Gasteiger partial charge on any atom is -0.310 e. The largest absolute Gasteiger partial charge is 0.435 e. The van der Waals surface area contributed by atoms with Gasteiger partial charge in [0.25, 0.3) is 0 Å². The fraction of sp³-hybridized carbons (Fsp3) is 0.438. The van der Waals surface area contributed by atoms with E-state index in [1.807, 2.05) is 20.8 Å². The topological polar surface area (TPSA) is 43.6 Å². The maximum atomic E-state index is 12.8. The number of imidazole rings is 1. The molecule has 0 fully saturated rings. The molecule has 3 rings (SSSR count). The van der Waals surface area contributed by atoms with Gasteiger partial charge in [-0.2, -0.15) is 13.2 Å². The number of aromatic nitrogens is 4. The summed E-state index contributed by atoms with van der Waals surface area (Å²) < 4.78 is 40.0. The van der Waals surface area contributed by atoms with Gasteiger partial charge in [-0.1, -0.05) is 20.8 Å². The number of alkyl halides is 3. The number of nitrogens with zero attached hydrogens (tertiary/aromatic N) is 4. The Morgan fingerprint density at radius 2 is 1.88 bits per heavy atom. The van der Waals surface area contributed by atoms with Crippen LogP contribution < -0.4 is 0 Å².